The molecule has 4 nitrogen and oxygen atoms in total. The molecule has 0 atom stereocenters. The molecule has 2 aromatic carbocycles. The molecule has 3 aromatic rings. The molecule has 24 heavy (non-hydrogen) atoms. The van der Waals surface area contributed by atoms with Crippen molar-refractivity contribution in [2.24, 2.45) is 0 Å². The molecule has 4 heteroatoms. The Balaban J connectivity index is 2.10. The van der Waals surface area contributed by atoms with Crippen LogP contribution in [0.25, 0.3) is 27.6 Å². The van der Waals surface area contributed by atoms with Crippen molar-refractivity contribution in [1.82, 2.24) is 0 Å². The van der Waals surface area contributed by atoms with Gasteiger partial charge in [-0.2, -0.15) is 0 Å². The summed E-state index contributed by atoms with van der Waals surface area (Å²) < 4.78 is 16.6. The summed E-state index contributed by atoms with van der Waals surface area (Å²) in [6, 6.07) is 13.4. The first-order chi connectivity index (χ1) is 11.7. The van der Waals surface area contributed by atoms with Crippen LogP contribution < -0.4 is 9.47 Å². The fourth-order valence-corrected chi connectivity index (χ4v) is 2.62. The Morgan fingerprint density at radius 2 is 1.75 bits per heavy atom. The van der Waals surface area contributed by atoms with E-state index >= 15 is 0 Å². The topological polar surface area (TPSA) is 36.0 Å². The minimum atomic E-state index is 0.464. The van der Waals surface area contributed by atoms with Crippen molar-refractivity contribution in [3.63, 3.8) is 0 Å². The van der Waals surface area contributed by atoms with E-state index in [-0.39, 0.29) is 0 Å². The lowest BCUT2D eigenvalue weighted by Crippen LogP contribution is -1.94. The molecule has 0 N–H and O–H groups in total. The Morgan fingerprint density at radius 1 is 1.08 bits per heavy atom. The minimum Gasteiger partial charge on any atom is -0.496 e. The molecule has 0 saturated carbocycles. The number of rotatable bonds is 4. The minimum absolute atomic E-state index is 0.464. The number of hydrogen-bond donors (Lipinski definition) is 0. The summed E-state index contributed by atoms with van der Waals surface area (Å²) in [5.74, 6) is 2.01. The highest BCUT2D eigenvalue weighted by atomic mass is 16.5. The molecular formula is C20H17NO3. The lowest BCUT2D eigenvalue weighted by atomic mass is 10.1. The second kappa shape index (κ2) is 6.51. The Morgan fingerprint density at radius 3 is 2.33 bits per heavy atom. The fraction of sp³-hybridized carbons (Fsp3) is 0.150. The van der Waals surface area contributed by atoms with Gasteiger partial charge in [-0.25, -0.2) is 4.85 Å². The monoisotopic (exact) mass is 319 g/mol. The average molecular weight is 319 g/mol. The summed E-state index contributed by atoms with van der Waals surface area (Å²) >= 11 is 0. The third kappa shape index (κ3) is 2.84. The highest BCUT2D eigenvalue weighted by molar-refractivity contribution is 5.88. The van der Waals surface area contributed by atoms with Crippen LogP contribution in [0.2, 0.25) is 0 Å². The summed E-state index contributed by atoms with van der Waals surface area (Å²) in [4.78, 5) is 3.64. The van der Waals surface area contributed by atoms with Crippen LogP contribution in [0.4, 0.5) is 0 Å². The van der Waals surface area contributed by atoms with Gasteiger partial charge in [0.2, 0.25) is 0 Å². The van der Waals surface area contributed by atoms with Crippen molar-refractivity contribution in [3.8, 4) is 11.5 Å². The van der Waals surface area contributed by atoms with E-state index in [1.54, 1.807) is 20.3 Å². The van der Waals surface area contributed by atoms with Crippen molar-refractivity contribution in [2.45, 2.75) is 6.92 Å². The number of ether oxygens (including phenoxy) is 2. The first-order valence-electron chi connectivity index (χ1n) is 7.47. The van der Waals surface area contributed by atoms with Gasteiger partial charge in [0.05, 0.1) is 20.8 Å². The maximum atomic E-state index is 7.52. The highest BCUT2D eigenvalue weighted by Gasteiger charge is 2.12. The average Bonchev–Trinajstić information content (AvgIpc) is 3.02. The second-order valence-corrected chi connectivity index (χ2v) is 5.33. The zero-order valence-corrected chi connectivity index (χ0v) is 13.8. The molecule has 0 aliphatic rings. The largest absolute Gasteiger partial charge is 0.496 e. The Hall–Kier alpha value is -3.19. The first kappa shape index (κ1) is 15.7. The van der Waals surface area contributed by atoms with E-state index in [0.717, 1.165) is 22.1 Å². The summed E-state index contributed by atoms with van der Waals surface area (Å²) in [5, 5.41) is 1.01. The van der Waals surface area contributed by atoms with Crippen LogP contribution in [0, 0.1) is 13.5 Å². The molecule has 0 aliphatic heterocycles. The molecule has 0 aliphatic carbocycles. The predicted molar refractivity (Wildman–Crippen MR) is 95.0 cm³/mol. The predicted octanol–water partition coefficient (Wildman–Crippen LogP) is 5.18. The van der Waals surface area contributed by atoms with Gasteiger partial charge < -0.3 is 13.9 Å². The Kier molecular flexibility index (Phi) is 4.26. The second-order valence-electron chi connectivity index (χ2n) is 5.33. The van der Waals surface area contributed by atoms with E-state index in [1.807, 2.05) is 49.4 Å². The van der Waals surface area contributed by atoms with E-state index in [1.165, 1.54) is 0 Å². The first-order valence-corrected chi connectivity index (χ1v) is 7.47. The fourth-order valence-electron chi connectivity index (χ4n) is 2.62. The van der Waals surface area contributed by atoms with Gasteiger partial charge in [-0.15, -0.1) is 0 Å². The van der Waals surface area contributed by atoms with Gasteiger partial charge in [0, 0.05) is 10.9 Å². The molecule has 1 heterocycles. The standard InChI is InChI=1S/C20H17NO3/c1-13-19(22-3)10-15(11-20(13)23-4)17(21-2)12-16-9-14-7-5-6-8-18(14)24-16/h5-12H,1,3-4H3/b17-12-. The van der Waals surface area contributed by atoms with Crippen LogP contribution in [-0.2, 0) is 0 Å². The summed E-state index contributed by atoms with van der Waals surface area (Å²) in [6.45, 7) is 9.44. The smallest absolute Gasteiger partial charge is 0.198 e. The van der Waals surface area contributed by atoms with E-state index in [4.69, 9.17) is 20.5 Å². The summed E-state index contributed by atoms with van der Waals surface area (Å²) in [7, 11) is 3.21. The van der Waals surface area contributed by atoms with Crippen LogP contribution in [0.5, 0.6) is 11.5 Å². The number of nitrogens with zero attached hydrogens (tertiary/aromatic N) is 1. The van der Waals surface area contributed by atoms with E-state index in [9.17, 15) is 0 Å². The van der Waals surface area contributed by atoms with Crippen LogP contribution in [0.1, 0.15) is 16.9 Å². The molecule has 0 radical (unpaired) electrons. The van der Waals surface area contributed by atoms with Crippen molar-refractivity contribution >= 4 is 22.7 Å². The summed E-state index contributed by atoms with van der Waals surface area (Å²) in [6.07, 6.45) is 1.73. The van der Waals surface area contributed by atoms with Crippen molar-refractivity contribution in [2.75, 3.05) is 14.2 Å². The zero-order chi connectivity index (χ0) is 17.1. The van der Waals surface area contributed by atoms with Gasteiger partial charge in [-0.3, -0.25) is 0 Å². The van der Waals surface area contributed by atoms with Gasteiger partial charge in [0.15, 0.2) is 5.70 Å². The SMILES string of the molecule is [C-]#[N+]/C(=C\c1cc2ccccc2o1)c1cc(OC)c(C)c(OC)c1. The van der Waals surface area contributed by atoms with Gasteiger partial charge in [0.1, 0.15) is 22.8 Å². The number of fused-ring (bicyclic) bond motifs is 1. The molecule has 0 saturated heterocycles. The van der Waals surface area contributed by atoms with Gasteiger partial charge in [0.25, 0.3) is 0 Å². The third-order valence-electron chi connectivity index (χ3n) is 3.89. The van der Waals surface area contributed by atoms with Crippen molar-refractivity contribution in [1.29, 1.82) is 0 Å². The molecule has 120 valence electrons. The normalized spacial score (nSPS) is 11.3. The number of benzene rings is 2. The Labute approximate surface area is 140 Å². The molecule has 0 spiro atoms. The molecule has 3 rings (SSSR count). The molecule has 0 unspecified atom stereocenters. The van der Waals surface area contributed by atoms with Crippen molar-refractivity contribution < 1.29 is 13.9 Å². The lowest BCUT2D eigenvalue weighted by Gasteiger charge is -2.12. The van der Waals surface area contributed by atoms with Crippen LogP contribution >= 0.6 is 0 Å². The number of para-hydroxylation sites is 1. The van der Waals surface area contributed by atoms with E-state index < -0.39 is 0 Å². The maximum Gasteiger partial charge on any atom is 0.198 e. The molecule has 0 amide bonds. The van der Waals surface area contributed by atoms with E-state index in [0.29, 0.717) is 23.0 Å². The summed E-state index contributed by atoms with van der Waals surface area (Å²) in [5.41, 5.74) is 2.89. The van der Waals surface area contributed by atoms with E-state index in [2.05, 4.69) is 4.85 Å². The number of methoxy groups -OCH3 is 2. The third-order valence-corrected chi connectivity index (χ3v) is 3.89. The number of hydrogen-bond acceptors (Lipinski definition) is 3. The van der Waals surface area contributed by atoms with Crippen LogP contribution in [0.15, 0.2) is 46.9 Å². The molecule has 0 bridgehead atoms. The quantitative estimate of drug-likeness (QED) is 0.622. The highest BCUT2D eigenvalue weighted by Crippen LogP contribution is 2.34. The van der Waals surface area contributed by atoms with Gasteiger partial charge >= 0.3 is 0 Å². The number of furan rings is 1. The molecule has 1 aromatic heterocycles. The lowest BCUT2D eigenvalue weighted by molar-refractivity contribution is 0.388. The van der Waals surface area contributed by atoms with Crippen LogP contribution in [0.3, 0.4) is 0 Å². The van der Waals surface area contributed by atoms with Gasteiger partial charge in [-0.05, 0) is 42.8 Å². The zero-order valence-electron chi connectivity index (χ0n) is 13.8. The van der Waals surface area contributed by atoms with Crippen molar-refractivity contribution in [3.05, 3.63) is 70.8 Å². The molecular weight excluding hydrogens is 302 g/mol. The maximum absolute atomic E-state index is 7.52. The van der Waals surface area contributed by atoms with Crippen LogP contribution in [-0.4, -0.2) is 14.2 Å². The van der Waals surface area contributed by atoms with Gasteiger partial charge in [-0.1, -0.05) is 18.2 Å². The molecule has 0 fully saturated rings. The Bertz CT molecular complexity index is 902.